The topological polar surface area (TPSA) is 69.6 Å². The van der Waals surface area contributed by atoms with Gasteiger partial charge in [-0.05, 0) is 83.5 Å². The maximum Gasteiger partial charge on any atom is 0.220 e. The lowest BCUT2D eigenvalue weighted by atomic mass is 10.0. The highest BCUT2D eigenvalue weighted by atomic mass is 16.3. The van der Waals surface area contributed by atoms with E-state index in [1.54, 1.807) is 6.08 Å². The van der Waals surface area contributed by atoms with Gasteiger partial charge in [0.25, 0.3) is 0 Å². The molecule has 1 amide bonds. The molecule has 0 aliphatic rings. The number of amides is 1. The van der Waals surface area contributed by atoms with Gasteiger partial charge < -0.3 is 15.5 Å². The molecule has 60 heavy (non-hydrogen) atoms. The normalized spacial score (nSPS) is 13.9. The minimum Gasteiger partial charge on any atom is -0.394 e. The summed E-state index contributed by atoms with van der Waals surface area (Å²) in [7, 11) is 0. The average molecular weight is 830 g/mol. The first-order valence-corrected chi connectivity index (χ1v) is 25.1. The zero-order valence-corrected chi connectivity index (χ0v) is 39.2. The van der Waals surface area contributed by atoms with E-state index in [1.165, 1.54) is 122 Å². The van der Waals surface area contributed by atoms with E-state index >= 15 is 0 Å². The lowest BCUT2D eigenvalue weighted by molar-refractivity contribution is -0.123. The second kappa shape index (κ2) is 50.4. The van der Waals surface area contributed by atoms with Crippen LogP contribution in [0.15, 0.2) is 109 Å². The third-order valence-electron chi connectivity index (χ3n) is 10.8. The lowest BCUT2D eigenvalue weighted by Gasteiger charge is -2.20. The van der Waals surface area contributed by atoms with E-state index in [-0.39, 0.29) is 12.5 Å². The zero-order valence-electron chi connectivity index (χ0n) is 39.2. The van der Waals surface area contributed by atoms with Gasteiger partial charge in [-0.2, -0.15) is 0 Å². The Morgan fingerprint density at radius 1 is 0.417 bits per heavy atom. The van der Waals surface area contributed by atoms with Gasteiger partial charge in [0.15, 0.2) is 0 Å². The molecule has 0 aliphatic heterocycles. The Bertz CT molecular complexity index is 1170. The van der Waals surface area contributed by atoms with Crippen LogP contribution in [0.3, 0.4) is 0 Å². The van der Waals surface area contributed by atoms with Crippen molar-refractivity contribution in [3.05, 3.63) is 109 Å². The molecule has 0 aromatic carbocycles. The first-order valence-electron chi connectivity index (χ1n) is 25.1. The first-order chi connectivity index (χ1) is 29.7. The van der Waals surface area contributed by atoms with Crippen LogP contribution in [0.2, 0.25) is 0 Å². The molecule has 0 spiro atoms. The number of unbranched alkanes of at least 4 members (excludes halogenated alkanes) is 21. The molecule has 4 nitrogen and oxygen atoms in total. The fraction of sp³-hybridized carbons (Fsp3) is 0.661. The van der Waals surface area contributed by atoms with Crippen molar-refractivity contribution in [2.45, 2.75) is 231 Å². The number of hydrogen-bond donors (Lipinski definition) is 3. The second-order valence-corrected chi connectivity index (χ2v) is 16.5. The SMILES string of the molecule is CC/C=C\C/C=C\C/C=C\C/C=C\C/C=C\C/C=C\C/C=C\C/C=C\CCCCCCCCCCCCCCCCCCC(=O)NC(CO)C(O)/C=C/CCCCCCC. The molecule has 0 aromatic heterocycles. The molecule has 0 aromatic rings. The number of aliphatic hydroxyl groups excluding tert-OH is 2. The van der Waals surface area contributed by atoms with E-state index in [4.69, 9.17) is 0 Å². The summed E-state index contributed by atoms with van der Waals surface area (Å²) in [6.45, 7) is 4.13. The molecule has 0 fully saturated rings. The molecule has 4 heteroatoms. The van der Waals surface area contributed by atoms with E-state index < -0.39 is 12.1 Å². The summed E-state index contributed by atoms with van der Waals surface area (Å²) in [4.78, 5) is 12.3. The van der Waals surface area contributed by atoms with Gasteiger partial charge in [-0.1, -0.05) is 239 Å². The van der Waals surface area contributed by atoms with Crippen LogP contribution in [0, 0.1) is 0 Å². The summed E-state index contributed by atoms with van der Waals surface area (Å²) in [5, 5.41) is 22.8. The van der Waals surface area contributed by atoms with Crippen molar-refractivity contribution in [3.8, 4) is 0 Å². The first kappa shape index (κ1) is 57.1. The average Bonchev–Trinajstić information content (AvgIpc) is 3.25. The predicted molar refractivity (Wildman–Crippen MR) is 266 cm³/mol. The van der Waals surface area contributed by atoms with Gasteiger partial charge in [0.2, 0.25) is 5.91 Å². The van der Waals surface area contributed by atoms with E-state index in [2.05, 4.69) is 116 Å². The van der Waals surface area contributed by atoms with Crippen LogP contribution >= 0.6 is 0 Å². The van der Waals surface area contributed by atoms with Crippen LogP contribution in [-0.4, -0.2) is 34.9 Å². The van der Waals surface area contributed by atoms with Crippen molar-refractivity contribution >= 4 is 5.91 Å². The number of aliphatic hydroxyl groups is 2. The maximum atomic E-state index is 12.3. The van der Waals surface area contributed by atoms with E-state index in [0.29, 0.717) is 6.42 Å². The Hall–Kier alpha value is -2.95. The third kappa shape index (κ3) is 46.1. The van der Waals surface area contributed by atoms with Gasteiger partial charge >= 0.3 is 0 Å². The molecule has 342 valence electrons. The van der Waals surface area contributed by atoms with Crippen molar-refractivity contribution in [2.24, 2.45) is 0 Å². The van der Waals surface area contributed by atoms with Gasteiger partial charge in [0, 0.05) is 6.42 Å². The summed E-state index contributed by atoms with van der Waals surface area (Å²) >= 11 is 0. The Morgan fingerprint density at radius 2 is 0.733 bits per heavy atom. The largest absolute Gasteiger partial charge is 0.394 e. The molecule has 0 saturated heterocycles. The Kier molecular flexibility index (Phi) is 47.9. The van der Waals surface area contributed by atoms with Crippen LogP contribution < -0.4 is 5.32 Å². The van der Waals surface area contributed by atoms with E-state index in [9.17, 15) is 15.0 Å². The van der Waals surface area contributed by atoms with E-state index in [1.807, 2.05) is 6.08 Å². The fourth-order valence-electron chi connectivity index (χ4n) is 6.96. The number of carbonyl (C=O) groups excluding carboxylic acids is 1. The molecule has 0 heterocycles. The molecule has 0 rings (SSSR count). The predicted octanol–water partition coefficient (Wildman–Crippen LogP) is 16.4. The van der Waals surface area contributed by atoms with Crippen LogP contribution in [0.4, 0.5) is 0 Å². The number of allylic oxidation sites excluding steroid dienone is 17. The summed E-state index contributed by atoms with van der Waals surface area (Å²) in [6, 6.07) is -0.623. The molecular formula is C56H95NO3. The number of rotatable bonds is 44. The van der Waals surface area contributed by atoms with Crippen LogP contribution in [-0.2, 0) is 4.79 Å². The number of nitrogens with one attached hydrogen (secondary N) is 1. The van der Waals surface area contributed by atoms with Gasteiger partial charge in [-0.25, -0.2) is 0 Å². The molecule has 2 atom stereocenters. The number of carbonyl (C=O) groups is 1. The van der Waals surface area contributed by atoms with Crippen LogP contribution in [0.5, 0.6) is 0 Å². The smallest absolute Gasteiger partial charge is 0.220 e. The summed E-state index contributed by atoms with van der Waals surface area (Å²) in [6.07, 6.45) is 76.8. The monoisotopic (exact) mass is 830 g/mol. The molecule has 0 aliphatic carbocycles. The number of hydrogen-bond acceptors (Lipinski definition) is 3. The maximum absolute atomic E-state index is 12.3. The van der Waals surface area contributed by atoms with Crippen molar-refractivity contribution in [2.75, 3.05) is 6.61 Å². The summed E-state index contributed by atoms with van der Waals surface area (Å²) in [5.74, 6) is -0.0720. The van der Waals surface area contributed by atoms with Crippen molar-refractivity contribution in [1.29, 1.82) is 0 Å². The Balaban J connectivity index is 3.49. The van der Waals surface area contributed by atoms with E-state index in [0.717, 1.165) is 77.0 Å². The van der Waals surface area contributed by atoms with Gasteiger partial charge in [0.1, 0.15) is 0 Å². The second-order valence-electron chi connectivity index (χ2n) is 16.5. The molecule has 3 N–H and O–H groups in total. The molecule has 0 bridgehead atoms. The minimum atomic E-state index is -0.839. The summed E-state index contributed by atoms with van der Waals surface area (Å²) in [5.41, 5.74) is 0. The third-order valence-corrected chi connectivity index (χ3v) is 10.8. The summed E-state index contributed by atoms with van der Waals surface area (Å²) < 4.78 is 0. The van der Waals surface area contributed by atoms with Crippen LogP contribution in [0.25, 0.3) is 0 Å². The van der Waals surface area contributed by atoms with Gasteiger partial charge in [-0.15, -0.1) is 0 Å². The lowest BCUT2D eigenvalue weighted by Crippen LogP contribution is -2.45. The van der Waals surface area contributed by atoms with Crippen molar-refractivity contribution < 1.29 is 15.0 Å². The molecular weight excluding hydrogens is 735 g/mol. The Morgan fingerprint density at radius 3 is 1.10 bits per heavy atom. The molecule has 0 radical (unpaired) electrons. The standard InChI is InChI=1S/C56H95NO3/c1-3-5-7-9-11-12-13-14-15-16-17-18-19-20-21-22-23-24-25-26-27-28-29-30-31-32-33-34-35-36-37-38-39-40-41-42-43-44-46-48-50-52-56(60)57-54(53-58)55(59)51-49-47-45-10-8-6-4-2/h5,7,11-12,14-15,17-18,20-21,23-24,26-27,29-30,49,51,54-55,58-59H,3-4,6,8-10,13,16,19,22,25,28,31-48,50,52-53H2,1-2H3,(H,57,60)/b7-5-,12-11-,15-14-,18-17-,21-20-,24-23-,27-26-,30-29-,51-49+. The van der Waals surface area contributed by atoms with Crippen molar-refractivity contribution in [3.63, 3.8) is 0 Å². The van der Waals surface area contributed by atoms with Gasteiger partial charge in [-0.3, -0.25) is 4.79 Å². The van der Waals surface area contributed by atoms with Gasteiger partial charge in [0.05, 0.1) is 18.8 Å². The van der Waals surface area contributed by atoms with Crippen LogP contribution in [0.1, 0.15) is 219 Å². The fourth-order valence-corrected chi connectivity index (χ4v) is 6.96. The molecule has 0 saturated carbocycles. The highest BCUT2D eigenvalue weighted by molar-refractivity contribution is 5.76. The minimum absolute atomic E-state index is 0.0720. The quantitative estimate of drug-likeness (QED) is 0.0423. The zero-order chi connectivity index (χ0) is 43.5. The highest BCUT2D eigenvalue weighted by Crippen LogP contribution is 2.15. The van der Waals surface area contributed by atoms with Crippen molar-refractivity contribution in [1.82, 2.24) is 5.32 Å². The molecule has 2 unspecified atom stereocenters. The Labute approximate surface area is 372 Å². The highest BCUT2D eigenvalue weighted by Gasteiger charge is 2.17.